The number of likely N-dealkylation sites (N-methyl/N-ethyl adjacent to an activating group) is 1. The molecule has 0 saturated heterocycles. The molecule has 0 aliphatic heterocycles. The van der Waals surface area contributed by atoms with Gasteiger partial charge < -0.3 is 9.30 Å². The number of aromatic nitrogens is 2. The number of imidazole rings is 1. The zero-order valence-electron chi connectivity index (χ0n) is 9.73. The van der Waals surface area contributed by atoms with E-state index in [0.717, 1.165) is 5.82 Å². The molecule has 0 aromatic carbocycles. The molecule has 1 heterocycles. The van der Waals surface area contributed by atoms with Crippen LogP contribution in [-0.2, 0) is 23.1 Å². The summed E-state index contributed by atoms with van der Waals surface area (Å²) in [6.45, 7) is 3.00. The van der Waals surface area contributed by atoms with Crippen LogP contribution in [0.2, 0.25) is 5.15 Å². The average molecular weight is 246 g/mol. The van der Waals surface area contributed by atoms with Gasteiger partial charge >= 0.3 is 5.97 Å². The molecule has 1 aromatic rings. The predicted molar refractivity (Wildman–Crippen MR) is 61.2 cm³/mol. The second-order valence-corrected chi connectivity index (χ2v) is 3.92. The number of rotatable bonds is 5. The fourth-order valence-electron chi connectivity index (χ4n) is 1.30. The number of hydrogen-bond donors (Lipinski definition) is 0. The quantitative estimate of drug-likeness (QED) is 0.728. The van der Waals surface area contributed by atoms with Crippen molar-refractivity contribution in [1.82, 2.24) is 14.5 Å². The Hall–Kier alpha value is -1.07. The van der Waals surface area contributed by atoms with Gasteiger partial charge in [0.2, 0.25) is 0 Å². The molecule has 0 bridgehead atoms. The topological polar surface area (TPSA) is 47.4 Å². The highest BCUT2D eigenvalue weighted by molar-refractivity contribution is 6.29. The highest BCUT2D eigenvalue weighted by atomic mass is 35.5. The van der Waals surface area contributed by atoms with Crippen molar-refractivity contribution in [2.45, 2.75) is 13.5 Å². The van der Waals surface area contributed by atoms with E-state index in [0.29, 0.717) is 18.3 Å². The molecule has 0 N–H and O–H groups in total. The normalized spacial score (nSPS) is 10.8. The summed E-state index contributed by atoms with van der Waals surface area (Å²) < 4.78 is 6.63. The predicted octanol–water partition coefficient (Wildman–Crippen LogP) is 1.07. The Labute approximate surface area is 100.0 Å². The first-order valence-electron chi connectivity index (χ1n) is 5.04. The summed E-state index contributed by atoms with van der Waals surface area (Å²) in [6.07, 6.45) is 1.59. The van der Waals surface area contributed by atoms with Gasteiger partial charge in [-0.15, -0.1) is 0 Å². The number of ether oxygens (including phenoxy) is 1. The summed E-state index contributed by atoms with van der Waals surface area (Å²) >= 11 is 5.86. The van der Waals surface area contributed by atoms with Gasteiger partial charge in [-0.25, -0.2) is 4.98 Å². The van der Waals surface area contributed by atoms with Crippen LogP contribution >= 0.6 is 11.6 Å². The minimum absolute atomic E-state index is 0.231. The van der Waals surface area contributed by atoms with Gasteiger partial charge in [0.25, 0.3) is 0 Å². The van der Waals surface area contributed by atoms with Crippen molar-refractivity contribution < 1.29 is 9.53 Å². The summed E-state index contributed by atoms with van der Waals surface area (Å²) in [5.74, 6) is 0.585. The standard InChI is InChI=1S/C10H16ClN3O2/c1-4-16-10(15)7-13(2)6-9-12-5-8(11)14(9)3/h5H,4,6-7H2,1-3H3. The van der Waals surface area contributed by atoms with E-state index in [1.54, 1.807) is 17.7 Å². The lowest BCUT2D eigenvalue weighted by Crippen LogP contribution is -2.28. The first kappa shape index (κ1) is 13.0. The summed E-state index contributed by atoms with van der Waals surface area (Å²) in [4.78, 5) is 17.2. The van der Waals surface area contributed by atoms with Crippen LogP contribution in [0.1, 0.15) is 12.7 Å². The van der Waals surface area contributed by atoms with E-state index in [2.05, 4.69) is 4.98 Å². The van der Waals surface area contributed by atoms with Crippen LogP contribution in [0.3, 0.4) is 0 Å². The van der Waals surface area contributed by atoms with E-state index in [4.69, 9.17) is 16.3 Å². The van der Waals surface area contributed by atoms with Crippen molar-refractivity contribution in [3.63, 3.8) is 0 Å². The molecule has 5 nitrogen and oxygen atoms in total. The van der Waals surface area contributed by atoms with Gasteiger partial charge in [0.15, 0.2) is 0 Å². The second kappa shape index (κ2) is 5.86. The molecule has 0 fully saturated rings. The van der Waals surface area contributed by atoms with Crippen LogP contribution in [-0.4, -0.2) is 40.6 Å². The number of nitrogens with zero attached hydrogens (tertiary/aromatic N) is 3. The third-order valence-corrected chi connectivity index (χ3v) is 2.49. The Bertz CT molecular complexity index is 365. The summed E-state index contributed by atoms with van der Waals surface area (Å²) in [6, 6.07) is 0. The van der Waals surface area contributed by atoms with Gasteiger partial charge in [0.05, 0.1) is 25.9 Å². The minimum Gasteiger partial charge on any atom is -0.465 e. The summed E-state index contributed by atoms with van der Waals surface area (Å²) in [7, 11) is 3.67. The highest BCUT2D eigenvalue weighted by Gasteiger charge is 2.11. The van der Waals surface area contributed by atoms with Gasteiger partial charge in [-0.1, -0.05) is 11.6 Å². The first-order valence-corrected chi connectivity index (χ1v) is 5.42. The van der Waals surface area contributed by atoms with Crippen LogP contribution in [0.15, 0.2) is 6.20 Å². The molecule has 0 aliphatic carbocycles. The Morgan fingerprint density at radius 2 is 2.38 bits per heavy atom. The lowest BCUT2D eigenvalue weighted by molar-refractivity contribution is -0.144. The molecular weight excluding hydrogens is 230 g/mol. The molecule has 0 radical (unpaired) electrons. The number of halogens is 1. The molecule has 6 heteroatoms. The molecule has 1 rings (SSSR count). The monoisotopic (exact) mass is 245 g/mol. The molecule has 0 saturated carbocycles. The molecule has 90 valence electrons. The SMILES string of the molecule is CCOC(=O)CN(C)Cc1ncc(Cl)n1C. The fraction of sp³-hybridized carbons (Fsp3) is 0.600. The summed E-state index contributed by atoms with van der Waals surface area (Å²) in [5.41, 5.74) is 0. The van der Waals surface area contributed by atoms with Crippen molar-refractivity contribution in [3.8, 4) is 0 Å². The van der Waals surface area contributed by atoms with E-state index >= 15 is 0 Å². The maximum absolute atomic E-state index is 11.2. The summed E-state index contributed by atoms with van der Waals surface area (Å²) in [5, 5.41) is 0.583. The van der Waals surface area contributed by atoms with Crippen molar-refractivity contribution in [2.24, 2.45) is 7.05 Å². The molecule has 0 spiro atoms. The maximum Gasteiger partial charge on any atom is 0.320 e. The van der Waals surface area contributed by atoms with Crippen LogP contribution in [0.5, 0.6) is 0 Å². The number of hydrogen-bond acceptors (Lipinski definition) is 4. The molecular formula is C10H16ClN3O2. The van der Waals surface area contributed by atoms with Crippen molar-refractivity contribution >= 4 is 17.6 Å². The van der Waals surface area contributed by atoms with Crippen LogP contribution < -0.4 is 0 Å². The number of esters is 1. The van der Waals surface area contributed by atoms with E-state index in [1.807, 2.05) is 19.0 Å². The van der Waals surface area contributed by atoms with E-state index < -0.39 is 0 Å². The van der Waals surface area contributed by atoms with Gasteiger partial charge in [-0.05, 0) is 14.0 Å². The smallest absolute Gasteiger partial charge is 0.320 e. The molecule has 0 unspecified atom stereocenters. The van der Waals surface area contributed by atoms with Crippen LogP contribution in [0.25, 0.3) is 0 Å². The third kappa shape index (κ3) is 3.50. The number of carbonyl (C=O) groups is 1. The highest BCUT2D eigenvalue weighted by Crippen LogP contribution is 2.10. The maximum atomic E-state index is 11.2. The van der Waals surface area contributed by atoms with E-state index in [9.17, 15) is 4.79 Å². The van der Waals surface area contributed by atoms with E-state index in [1.165, 1.54) is 0 Å². The minimum atomic E-state index is -0.231. The van der Waals surface area contributed by atoms with Crippen LogP contribution in [0.4, 0.5) is 0 Å². The lowest BCUT2D eigenvalue weighted by atomic mass is 10.5. The molecule has 0 atom stereocenters. The van der Waals surface area contributed by atoms with Gasteiger partial charge in [-0.2, -0.15) is 0 Å². The first-order chi connectivity index (χ1) is 7.54. The number of carbonyl (C=O) groups excluding carboxylic acids is 1. The molecule has 0 amide bonds. The van der Waals surface area contributed by atoms with Gasteiger partial charge in [-0.3, -0.25) is 9.69 Å². The van der Waals surface area contributed by atoms with Crippen molar-refractivity contribution in [3.05, 3.63) is 17.2 Å². The Balaban J connectivity index is 2.48. The zero-order chi connectivity index (χ0) is 12.1. The Morgan fingerprint density at radius 1 is 1.69 bits per heavy atom. The molecule has 16 heavy (non-hydrogen) atoms. The fourth-order valence-corrected chi connectivity index (χ4v) is 1.44. The second-order valence-electron chi connectivity index (χ2n) is 3.53. The Kier molecular flexibility index (Phi) is 4.76. The van der Waals surface area contributed by atoms with Gasteiger partial charge in [0, 0.05) is 7.05 Å². The van der Waals surface area contributed by atoms with E-state index in [-0.39, 0.29) is 12.5 Å². The average Bonchev–Trinajstić information content (AvgIpc) is 2.50. The Morgan fingerprint density at radius 3 is 2.88 bits per heavy atom. The van der Waals surface area contributed by atoms with Crippen molar-refractivity contribution in [1.29, 1.82) is 0 Å². The lowest BCUT2D eigenvalue weighted by Gasteiger charge is -2.15. The third-order valence-electron chi connectivity index (χ3n) is 2.14. The largest absolute Gasteiger partial charge is 0.465 e. The van der Waals surface area contributed by atoms with Crippen LogP contribution in [0, 0.1) is 0 Å². The molecule has 1 aromatic heterocycles. The van der Waals surface area contributed by atoms with Crippen molar-refractivity contribution in [2.75, 3.05) is 20.2 Å². The zero-order valence-corrected chi connectivity index (χ0v) is 10.5. The van der Waals surface area contributed by atoms with Gasteiger partial charge in [0.1, 0.15) is 11.0 Å². The molecule has 0 aliphatic rings.